The smallest absolute Gasteiger partial charge is 0.272 e. The van der Waals surface area contributed by atoms with Gasteiger partial charge in [-0.2, -0.15) is 0 Å². The second kappa shape index (κ2) is 11.6. The number of thioether (sulfide) groups is 1. The fourth-order valence-electron chi connectivity index (χ4n) is 2.99. The summed E-state index contributed by atoms with van der Waals surface area (Å²) in [5.41, 5.74) is 2.61. The third-order valence-electron chi connectivity index (χ3n) is 4.68. The number of rotatable bonds is 9. The van der Waals surface area contributed by atoms with Gasteiger partial charge in [-0.3, -0.25) is 9.59 Å². The fraction of sp³-hybridized carbons (Fsp3) is 0.250. The summed E-state index contributed by atoms with van der Waals surface area (Å²) in [5, 5.41) is 6.35. The molecule has 0 aliphatic heterocycles. The summed E-state index contributed by atoms with van der Waals surface area (Å²) in [6.07, 6.45) is 2.70. The standard InChI is InChI=1S/C24H25ClN4O2S/c1-3-13-32-24-26-15-18(25)21(29-24)23(31)28-20(14-17-10-5-4-6-11-17)22(30)27-19-12-8-7-9-16(19)2/h4-12,15,20H,3,13-14H2,1-2H3,(H,27,30)(H,28,31). The Balaban J connectivity index is 1.82. The second-order valence-corrected chi connectivity index (χ2v) is 8.69. The van der Waals surface area contributed by atoms with Crippen molar-refractivity contribution in [3.63, 3.8) is 0 Å². The van der Waals surface area contributed by atoms with Crippen LogP contribution in [-0.2, 0) is 11.2 Å². The van der Waals surface area contributed by atoms with Crippen LogP contribution in [0.4, 0.5) is 5.69 Å². The van der Waals surface area contributed by atoms with Crippen LogP contribution in [0.5, 0.6) is 0 Å². The maximum absolute atomic E-state index is 13.1. The van der Waals surface area contributed by atoms with Crippen molar-refractivity contribution in [1.29, 1.82) is 0 Å². The third kappa shape index (κ3) is 6.55. The van der Waals surface area contributed by atoms with Gasteiger partial charge < -0.3 is 10.6 Å². The normalized spacial score (nSPS) is 11.6. The van der Waals surface area contributed by atoms with Gasteiger partial charge >= 0.3 is 0 Å². The Labute approximate surface area is 197 Å². The SMILES string of the molecule is CCCSc1ncc(Cl)c(C(=O)NC(Cc2ccccc2)C(=O)Nc2ccccc2C)n1. The van der Waals surface area contributed by atoms with Crippen LogP contribution in [0.1, 0.15) is 35.0 Å². The average molecular weight is 469 g/mol. The lowest BCUT2D eigenvalue weighted by Gasteiger charge is -2.19. The molecule has 1 unspecified atom stereocenters. The van der Waals surface area contributed by atoms with Gasteiger partial charge in [-0.05, 0) is 30.5 Å². The number of nitrogens with one attached hydrogen (secondary N) is 2. The Hall–Kier alpha value is -2.90. The van der Waals surface area contributed by atoms with Crippen LogP contribution >= 0.6 is 23.4 Å². The number of nitrogens with zero attached hydrogens (tertiary/aromatic N) is 2. The maximum Gasteiger partial charge on any atom is 0.272 e. The largest absolute Gasteiger partial charge is 0.338 e. The van der Waals surface area contributed by atoms with E-state index < -0.39 is 11.9 Å². The van der Waals surface area contributed by atoms with E-state index in [4.69, 9.17) is 11.6 Å². The highest BCUT2D eigenvalue weighted by molar-refractivity contribution is 7.99. The molecule has 0 aliphatic rings. The van der Waals surface area contributed by atoms with E-state index in [0.717, 1.165) is 23.3 Å². The van der Waals surface area contributed by atoms with Crippen molar-refractivity contribution in [3.05, 3.63) is 82.6 Å². The van der Waals surface area contributed by atoms with Gasteiger partial charge in [-0.15, -0.1) is 0 Å². The number of para-hydroxylation sites is 1. The van der Waals surface area contributed by atoms with Gasteiger partial charge in [0.15, 0.2) is 10.9 Å². The van der Waals surface area contributed by atoms with Crippen molar-refractivity contribution in [2.75, 3.05) is 11.1 Å². The summed E-state index contributed by atoms with van der Waals surface area (Å²) in [4.78, 5) is 34.6. The first kappa shape index (κ1) is 23.8. The van der Waals surface area contributed by atoms with Crippen molar-refractivity contribution in [2.24, 2.45) is 0 Å². The van der Waals surface area contributed by atoms with Gasteiger partial charge in [0.1, 0.15) is 6.04 Å². The molecule has 0 aliphatic carbocycles. The molecule has 0 spiro atoms. The van der Waals surface area contributed by atoms with E-state index in [-0.39, 0.29) is 16.6 Å². The molecular weight excluding hydrogens is 444 g/mol. The minimum atomic E-state index is -0.817. The highest BCUT2D eigenvalue weighted by atomic mass is 35.5. The first-order valence-corrected chi connectivity index (χ1v) is 11.7. The van der Waals surface area contributed by atoms with Crippen LogP contribution in [0.3, 0.4) is 0 Å². The van der Waals surface area contributed by atoms with Crippen LogP contribution in [0.25, 0.3) is 0 Å². The van der Waals surface area contributed by atoms with Gasteiger partial charge in [0.2, 0.25) is 5.91 Å². The molecular formula is C24H25ClN4O2S. The maximum atomic E-state index is 13.1. The summed E-state index contributed by atoms with van der Waals surface area (Å²) >= 11 is 7.65. The van der Waals surface area contributed by atoms with Crippen molar-refractivity contribution >= 4 is 40.9 Å². The van der Waals surface area contributed by atoms with Crippen molar-refractivity contribution in [3.8, 4) is 0 Å². The average Bonchev–Trinajstić information content (AvgIpc) is 2.80. The zero-order valence-corrected chi connectivity index (χ0v) is 19.5. The number of hydrogen-bond acceptors (Lipinski definition) is 5. The van der Waals surface area contributed by atoms with E-state index >= 15 is 0 Å². The summed E-state index contributed by atoms with van der Waals surface area (Å²) in [6.45, 7) is 3.97. The summed E-state index contributed by atoms with van der Waals surface area (Å²) in [7, 11) is 0. The lowest BCUT2D eigenvalue weighted by atomic mass is 10.0. The van der Waals surface area contributed by atoms with Gasteiger partial charge in [-0.1, -0.05) is 78.8 Å². The molecule has 8 heteroatoms. The molecule has 6 nitrogen and oxygen atoms in total. The molecule has 3 rings (SSSR count). The molecule has 32 heavy (non-hydrogen) atoms. The molecule has 2 amide bonds. The molecule has 1 atom stereocenters. The minimum absolute atomic E-state index is 0.0574. The first-order valence-electron chi connectivity index (χ1n) is 10.3. The predicted molar refractivity (Wildman–Crippen MR) is 129 cm³/mol. The van der Waals surface area contributed by atoms with Crippen LogP contribution < -0.4 is 10.6 Å². The van der Waals surface area contributed by atoms with E-state index in [1.165, 1.54) is 18.0 Å². The van der Waals surface area contributed by atoms with Crippen LogP contribution in [0, 0.1) is 6.92 Å². The van der Waals surface area contributed by atoms with E-state index in [9.17, 15) is 9.59 Å². The molecule has 0 radical (unpaired) electrons. The monoisotopic (exact) mass is 468 g/mol. The Bertz CT molecular complexity index is 1080. The summed E-state index contributed by atoms with van der Waals surface area (Å²) < 4.78 is 0. The topological polar surface area (TPSA) is 84.0 Å². The molecule has 0 saturated heterocycles. The lowest BCUT2D eigenvalue weighted by Crippen LogP contribution is -2.45. The number of aryl methyl sites for hydroxylation is 1. The number of aromatic nitrogens is 2. The van der Waals surface area contributed by atoms with Gasteiger partial charge in [0.25, 0.3) is 5.91 Å². The predicted octanol–water partition coefficient (Wildman–Crippen LogP) is 4.92. The molecule has 0 fully saturated rings. The highest BCUT2D eigenvalue weighted by Crippen LogP contribution is 2.20. The number of halogens is 1. The summed E-state index contributed by atoms with van der Waals surface area (Å²) in [5.74, 6) is -0.00287. The quantitative estimate of drug-likeness (QED) is 0.344. The van der Waals surface area contributed by atoms with Gasteiger partial charge in [-0.25, -0.2) is 9.97 Å². The molecule has 3 aromatic rings. The number of anilines is 1. The number of carbonyl (C=O) groups is 2. The molecule has 2 N–H and O–H groups in total. The molecule has 1 aromatic heterocycles. The zero-order chi connectivity index (χ0) is 22.9. The first-order chi connectivity index (χ1) is 15.5. The van der Waals surface area contributed by atoms with E-state index in [2.05, 4.69) is 27.5 Å². The third-order valence-corrected chi connectivity index (χ3v) is 6.02. The lowest BCUT2D eigenvalue weighted by molar-refractivity contribution is -0.118. The fourth-order valence-corrected chi connectivity index (χ4v) is 3.84. The number of carbonyl (C=O) groups excluding carboxylic acids is 2. The molecule has 2 aromatic carbocycles. The Morgan fingerprint density at radius 1 is 1.09 bits per heavy atom. The Morgan fingerprint density at radius 3 is 2.53 bits per heavy atom. The van der Waals surface area contributed by atoms with Gasteiger partial charge in [0, 0.05) is 17.9 Å². The number of hydrogen-bond donors (Lipinski definition) is 2. The van der Waals surface area contributed by atoms with Crippen molar-refractivity contribution in [1.82, 2.24) is 15.3 Å². The highest BCUT2D eigenvalue weighted by Gasteiger charge is 2.25. The zero-order valence-electron chi connectivity index (χ0n) is 18.0. The number of amides is 2. The molecule has 0 saturated carbocycles. The Morgan fingerprint density at radius 2 is 1.81 bits per heavy atom. The minimum Gasteiger partial charge on any atom is -0.338 e. The molecule has 1 heterocycles. The van der Waals surface area contributed by atoms with Crippen LogP contribution in [0.15, 0.2) is 66.0 Å². The van der Waals surface area contributed by atoms with Crippen LogP contribution in [-0.4, -0.2) is 33.6 Å². The van der Waals surface area contributed by atoms with E-state index in [1.54, 1.807) is 0 Å². The number of benzene rings is 2. The van der Waals surface area contributed by atoms with Crippen LogP contribution in [0.2, 0.25) is 5.02 Å². The summed E-state index contributed by atoms with van der Waals surface area (Å²) in [6, 6.07) is 16.2. The van der Waals surface area contributed by atoms with Gasteiger partial charge in [0.05, 0.1) is 11.2 Å². The van der Waals surface area contributed by atoms with E-state index in [1.807, 2.05) is 61.5 Å². The molecule has 166 valence electrons. The van der Waals surface area contributed by atoms with Crippen molar-refractivity contribution in [2.45, 2.75) is 37.9 Å². The van der Waals surface area contributed by atoms with E-state index in [0.29, 0.717) is 17.3 Å². The molecule has 0 bridgehead atoms. The Kier molecular flexibility index (Phi) is 8.64. The van der Waals surface area contributed by atoms with Crippen molar-refractivity contribution < 1.29 is 9.59 Å². The second-order valence-electron chi connectivity index (χ2n) is 7.22.